The molecular formula is C13H23N3O2S. The van der Waals surface area contributed by atoms with Gasteiger partial charge >= 0.3 is 0 Å². The predicted octanol–water partition coefficient (Wildman–Crippen LogP) is 2.15. The highest BCUT2D eigenvalue weighted by Crippen LogP contribution is 2.24. The van der Waals surface area contributed by atoms with E-state index in [0.717, 1.165) is 12.8 Å². The summed E-state index contributed by atoms with van der Waals surface area (Å²) < 4.78 is 23.1. The maximum Gasteiger partial charge on any atom is 0.240 e. The number of rotatable bonds is 6. The average molecular weight is 285 g/mol. The third-order valence-electron chi connectivity index (χ3n) is 3.17. The minimum Gasteiger partial charge on any atom is -0.399 e. The summed E-state index contributed by atoms with van der Waals surface area (Å²) in [5.41, 5.74) is 6.50. The normalized spacial score (nSPS) is 14.9. The number of nitrogen functional groups attached to an aromatic ring is 1. The molecule has 2 unspecified atom stereocenters. The van der Waals surface area contributed by atoms with E-state index in [1.54, 1.807) is 12.1 Å². The van der Waals surface area contributed by atoms with E-state index in [0.29, 0.717) is 17.3 Å². The molecule has 0 amide bonds. The van der Waals surface area contributed by atoms with E-state index in [1.807, 2.05) is 6.92 Å². The summed E-state index contributed by atoms with van der Waals surface area (Å²) in [6.07, 6.45) is 2.06. The van der Waals surface area contributed by atoms with Crippen LogP contribution in [0.2, 0.25) is 0 Å². The van der Waals surface area contributed by atoms with E-state index >= 15 is 0 Å². The van der Waals surface area contributed by atoms with Crippen molar-refractivity contribution in [2.75, 3.05) is 11.1 Å². The monoisotopic (exact) mass is 285 g/mol. The van der Waals surface area contributed by atoms with Crippen molar-refractivity contribution in [3.63, 3.8) is 0 Å². The number of hydrogen-bond acceptors (Lipinski definition) is 4. The second-order valence-electron chi connectivity index (χ2n) is 5.10. The molecule has 1 aromatic carbocycles. The first kappa shape index (κ1) is 15.8. The summed E-state index contributed by atoms with van der Waals surface area (Å²) in [5, 5.41) is 8.40. The van der Waals surface area contributed by atoms with Crippen LogP contribution in [0.15, 0.2) is 23.1 Å². The van der Waals surface area contributed by atoms with Gasteiger partial charge in [0.05, 0.1) is 5.69 Å². The Bertz CT molecular complexity index is 529. The summed E-state index contributed by atoms with van der Waals surface area (Å²) in [7, 11) is -3.78. The van der Waals surface area contributed by atoms with Crippen molar-refractivity contribution in [3.8, 4) is 0 Å². The standard InChI is InChI=1S/C13H23N3O2S/c1-4-9(2)7-10(3)16-12-6-5-11(14)8-13(12)19(15,17)18/h5-6,8-10,16H,4,7,14H2,1-3H3,(H2,15,17,18). The fourth-order valence-corrected chi connectivity index (χ4v) is 2.72. The van der Waals surface area contributed by atoms with Gasteiger partial charge in [-0.3, -0.25) is 0 Å². The minimum absolute atomic E-state index is 0.0449. The smallest absolute Gasteiger partial charge is 0.240 e. The second-order valence-corrected chi connectivity index (χ2v) is 6.62. The molecule has 19 heavy (non-hydrogen) atoms. The Balaban J connectivity index is 2.95. The van der Waals surface area contributed by atoms with Gasteiger partial charge in [0, 0.05) is 11.7 Å². The molecule has 5 N–H and O–H groups in total. The fourth-order valence-electron chi connectivity index (χ4n) is 1.99. The molecule has 0 fully saturated rings. The summed E-state index contributed by atoms with van der Waals surface area (Å²) in [4.78, 5) is 0.0449. The lowest BCUT2D eigenvalue weighted by Crippen LogP contribution is -2.21. The van der Waals surface area contributed by atoms with Gasteiger partial charge in [0.15, 0.2) is 0 Å². The lowest BCUT2D eigenvalue weighted by molar-refractivity contribution is 0.483. The molecule has 0 heterocycles. The number of primary sulfonamides is 1. The van der Waals surface area contributed by atoms with E-state index in [1.165, 1.54) is 6.07 Å². The first-order chi connectivity index (χ1) is 8.74. The van der Waals surface area contributed by atoms with Gasteiger partial charge in [0.1, 0.15) is 4.90 Å². The van der Waals surface area contributed by atoms with Gasteiger partial charge in [-0.25, -0.2) is 13.6 Å². The molecule has 0 saturated carbocycles. The van der Waals surface area contributed by atoms with Crippen LogP contribution in [0.3, 0.4) is 0 Å². The Morgan fingerprint density at radius 3 is 2.47 bits per heavy atom. The zero-order chi connectivity index (χ0) is 14.6. The Morgan fingerprint density at radius 1 is 1.32 bits per heavy atom. The van der Waals surface area contributed by atoms with Gasteiger partial charge in [-0.15, -0.1) is 0 Å². The Kier molecular flexibility index (Phi) is 5.20. The molecule has 0 aliphatic carbocycles. The van der Waals surface area contributed by atoms with Gasteiger partial charge in [0.2, 0.25) is 10.0 Å². The van der Waals surface area contributed by atoms with Crippen LogP contribution in [0.5, 0.6) is 0 Å². The summed E-state index contributed by atoms with van der Waals surface area (Å²) >= 11 is 0. The molecule has 1 aromatic rings. The Morgan fingerprint density at radius 2 is 1.95 bits per heavy atom. The van der Waals surface area contributed by atoms with Crippen molar-refractivity contribution < 1.29 is 8.42 Å². The van der Waals surface area contributed by atoms with Gasteiger partial charge in [-0.2, -0.15) is 0 Å². The first-order valence-corrected chi connectivity index (χ1v) is 7.97. The molecule has 1 rings (SSSR count). The van der Waals surface area contributed by atoms with Crippen LogP contribution in [0, 0.1) is 5.92 Å². The van der Waals surface area contributed by atoms with E-state index in [2.05, 4.69) is 19.2 Å². The lowest BCUT2D eigenvalue weighted by atomic mass is 10.0. The van der Waals surface area contributed by atoms with Crippen molar-refractivity contribution in [1.82, 2.24) is 0 Å². The maximum absolute atomic E-state index is 11.5. The molecule has 108 valence electrons. The molecule has 0 radical (unpaired) electrons. The van der Waals surface area contributed by atoms with Crippen molar-refractivity contribution in [2.24, 2.45) is 11.1 Å². The van der Waals surface area contributed by atoms with Crippen LogP contribution in [0.1, 0.15) is 33.6 Å². The molecule has 0 aliphatic heterocycles. The van der Waals surface area contributed by atoms with Gasteiger partial charge in [-0.05, 0) is 37.5 Å². The molecule has 2 atom stereocenters. The molecule has 0 aliphatic rings. The second kappa shape index (κ2) is 6.25. The van der Waals surface area contributed by atoms with Crippen LogP contribution in [-0.4, -0.2) is 14.5 Å². The zero-order valence-electron chi connectivity index (χ0n) is 11.7. The number of hydrogen-bond donors (Lipinski definition) is 3. The minimum atomic E-state index is -3.78. The van der Waals surface area contributed by atoms with Crippen molar-refractivity contribution in [3.05, 3.63) is 18.2 Å². The Labute approximate surface area is 115 Å². The SMILES string of the molecule is CCC(C)CC(C)Nc1ccc(N)cc1S(N)(=O)=O. The molecule has 5 nitrogen and oxygen atoms in total. The van der Waals surface area contributed by atoms with Crippen LogP contribution in [0.25, 0.3) is 0 Å². The lowest BCUT2D eigenvalue weighted by Gasteiger charge is -2.20. The van der Waals surface area contributed by atoms with E-state index in [9.17, 15) is 8.42 Å². The molecule has 0 saturated heterocycles. The van der Waals surface area contributed by atoms with Crippen LogP contribution < -0.4 is 16.2 Å². The average Bonchev–Trinajstić information content (AvgIpc) is 2.29. The zero-order valence-corrected chi connectivity index (χ0v) is 12.5. The number of nitrogens with two attached hydrogens (primary N) is 2. The largest absolute Gasteiger partial charge is 0.399 e. The van der Waals surface area contributed by atoms with E-state index in [-0.39, 0.29) is 10.9 Å². The van der Waals surface area contributed by atoms with Gasteiger partial charge < -0.3 is 11.1 Å². The predicted molar refractivity (Wildman–Crippen MR) is 79.4 cm³/mol. The Hall–Kier alpha value is -1.27. The van der Waals surface area contributed by atoms with Crippen LogP contribution in [0.4, 0.5) is 11.4 Å². The maximum atomic E-state index is 11.5. The van der Waals surface area contributed by atoms with Crippen molar-refractivity contribution in [2.45, 2.75) is 44.6 Å². The first-order valence-electron chi connectivity index (χ1n) is 6.43. The van der Waals surface area contributed by atoms with E-state index in [4.69, 9.17) is 10.9 Å². The number of anilines is 2. The molecule has 6 heteroatoms. The highest BCUT2D eigenvalue weighted by molar-refractivity contribution is 7.89. The van der Waals surface area contributed by atoms with Gasteiger partial charge in [-0.1, -0.05) is 20.3 Å². The quantitative estimate of drug-likeness (QED) is 0.697. The summed E-state index contributed by atoms with van der Waals surface area (Å²) in [6.45, 7) is 6.33. The topological polar surface area (TPSA) is 98.2 Å². The van der Waals surface area contributed by atoms with Crippen LogP contribution >= 0.6 is 0 Å². The molecule has 0 bridgehead atoms. The molecule has 0 spiro atoms. The number of sulfonamides is 1. The molecular weight excluding hydrogens is 262 g/mol. The number of benzene rings is 1. The summed E-state index contributed by atoms with van der Waals surface area (Å²) in [5.74, 6) is 0.578. The summed E-state index contributed by atoms with van der Waals surface area (Å²) in [6, 6.07) is 4.86. The highest BCUT2D eigenvalue weighted by atomic mass is 32.2. The van der Waals surface area contributed by atoms with Crippen molar-refractivity contribution >= 4 is 21.4 Å². The van der Waals surface area contributed by atoms with E-state index < -0.39 is 10.0 Å². The third-order valence-corrected chi connectivity index (χ3v) is 4.12. The molecule has 0 aromatic heterocycles. The number of nitrogens with one attached hydrogen (secondary N) is 1. The fraction of sp³-hybridized carbons (Fsp3) is 0.538. The van der Waals surface area contributed by atoms with Gasteiger partial charge in [0.25, 0.3) is 0 Å². The third kappa shape index (κ3) is 4.72. The van der Waals surface area contributed by atoms with Crippen LogP contribution in [-0.2, 0) is 10.0 Å². The highest BCUT2D eigenvalue weighted by Gasteiger charge is 2.16. The van der Waals surface area contributed by atoms with Crippen molar-refractivity contribution in [1.29, 1.82) is 0 Å².